The van der Waals surface area contributed by atoms with Gasteiger partial charge in [0.1, 0.15) is 5.69 Å². The third kappa shape index (κ3) is 3.81. The van der Waals surface area contributed by atoms with Gasteiger partial charge < -0.3 is 9.64 Å². The van der Waals surface area contributed by atoms with E-state index in [9.17, 15) is 9.59 Å². The molecule has 0 aliphatic rings. The van der Waals surface area contributed by atoms with Gasteiger partial charge in [-0.1, -0.05) is 0 Å². The number of ether oxygens (including phenoxy) is 1. The van der Waals surface area contributed by atoms with Crippen LogP contribution in [0.4, 0.5) is 0 Å². The van der Waals surface area contributed by atoms with E-state index in [1.807, 2.05) is 20.8 Å². The van der Waals surface area contributed by atoms with Gasteiger partial charge in [-0.2, -0.15) is 5.10 Å². The molecule has 0 aromatic carbocycles. The Morgan fingerprint density at radius 1 is 1.42 bits per heavy atom. The standard InChI is InChI=1S/C13H21N3O3/c1-5-15(8-7-12(17)19-4)13(18)11-9-10(3)14-16(11)6-2/h9H,5-8H2,1-4H3. The maximum atomic E-state index is 12.4. The Kier molecular flexibility index (Phi) is 5.54. The number of esters is 1. The van der Waals surface area contributed by atoms with Gasteiger partial charge in [0, 0.05) is 19.6 Å². The minimum Gasteiger partial charge on any atom is -0.469 e. The molecule has 6 nitrogen and oxygen atoms in total. The number of rotatable bonds is 6. The Labute approximate surface area is 113 Å². The lowest BCUT2D eigenvalue weighted by atomic mass is 10.3. The quantitative estimate of drug-likeness (QED) is 0.727. The molecule has 1 rings (SSSR count). The fourth-order valence-electron chi connectivity index (χ4n) is 1.85. The minimum atomic E-state index is -0.313. The summed E-state index contributed by atoms with van der Waals surface area (Å²) < 4.78 is 6.26. The van der Waals surface area contributed by atoms with Crippen molar-refractivity contribution < 1.29 is 14.3 Å². The molecule has 0 saturated heterocycles. The normalized spacial score (nSPS) is 10.3. The van der Waals surface area contributed by atoms with Crippen LogP contribution in [0, 0.1) is 6.92 Å². The van der Waals surface area contributed by atoms with Gasteiger partial charge in [-0.3, -0.25) is 14.3 Å². The molecule has 0 aliphatic heterocycles. The first-order valence-electron chi connectivity index (χ1n) is 6.44. The zero-order chi connectivity index (χ0) is 14.4. The Bertz CT molecular complexity index is 454. The number of hydrogen-bond donors (Lipinski definition) is 0. The van der Waals surface area contributed by atoms with E-state index in [4.69, 9.17) is 0 Å². The largest absolute Gasteiger partial charge is 0.469 e. The Morgan fingerprint density at radius 2 is 2.11 bits per heavy atom. The molecule has 0 bridgehead atoms. The Hall–Kier alpha value is -1.85. The monoisotopic (exact) mass is 267 g/mol. The summed E-state index contributed by atoms with van der Waals surface area (Å²) in [7, 11) is 1.34. The molecule has 0 unspecified atom stereocenters. The van der Waals surface area contributed by atoms with Crippen LogP contribution in [0.2, 0.25) is 0 Å². The smallest absolute Gasteiger partial charge is 0.307 e. The number of methoxy groups -OCH3 is 1. The molecule has 106 valence electrons. The van der Waals surface area contributed by atoms with Crippen LogP contribution in [-0.4, -0.2) is 46.8 Å². The van der Waals surface area contributed by atoms with Crippen LogP contribution >= 0.6 is 0 Å². The summed E-state index contributed by atoms with van der Waals surface area (Å²) in [5.41, 5.74) is 1.38. The van der Waals surface area contributed by atoms with Crippen LogP contribution in [-0.2, 0) is 16.1 Å². The number of carbonyl (C=O) groups excluding carboxylic acids is 2. The molecule has 0 N–H and O–H groups in total. The summed E-state index contributed by atoms with van der Waals surface area (Å²) in [5, 5.41) is 4.26. The lowest BCUT2D eigenvalue weighted by Gasteiger charge is -2.20. The third-order valence-electron chi connectivity index (χ3n) is 2.90. The van der Waals surface area contributed by atoms with Crippen molar-refractivity contribution in [3.05, 3.63) is 17.5 Å². The maximum absolute atomic E-state index is 12.4. The zero-order valence-corrected chi connectivity index (χ0v) is 12.0. The van der Waals surface area contributed by atoms with E-state index in [1.54, 1.807) is 15.6 Å². The lowest BCUT2D eigenvalue weighted by molar-refractivity contribution is -0.140. The van der Waals surface area contributed by atoms with Crippen molar-refractivity contribution >= 4 is 11.9 Å². The van der Waals surface area contributed by atoms with Crippen molar-refractivity contribution in [1.82, 2.24) is 14.7 Å². The van der Waals surface area contributed by atoms with Gasteiger partial charge in [0.25, 0.3) is 5.91 Å². The number of amides is 1. The molecule has 1 aromatic rings. The molecule has 1 aromatic heterocycles. The van der Waals surface area contributed by atoms with E-state index < -0.39 is 0 Å². The van der Waals surface area contributed by atoms with Crippen LogP contribution < -0.4 is 0 Å². The predicted octanol–water partition coefficient (Wildman–Crippen LogP) is 1.24. The van der Waals surface area contributed by atoms with Crippen molar-refractivity contribution in [2.24, 2.45) is 0 Å². The zero-order valence-electron chi connectivity index (χ0n) is 12.0. The van der Waals surface area contributed by atoms with Gasteiger partial charge in [0.15, 0.2) is 0 Å². The summed E-state index contributed by atoms with van der Waals surface area (Å²) in [4.78, 5) is 25.1. The molecule has 19 heavy (non-hydrogen) atoms. The number of nitrogens with zero attached hydrogens (tertiary/aromatic N) is 3. The molecule has 6 heteroatoms. The molecule has 1 amide bonds. The van der Waals surface area contributed by atoms with E-state index in [-0.39, 0.29) is 18.3 Å². The topological polar surface area (TPSA) is 64.4 Å². The fourth-order valence-corrected chi connectivity index (χ4v) is 1.85. The second-order valence-corrected chi connectivity index (χ2v) is 4.20. The summed E-state index contributed by atoms with van der Waals surface area (Å²) in [6, 6.07) is 1.77. The number of hydrogen-bond acceptors (Lipinski definition) is 4. The molecule has 0 fully saturated rings. The summed E-state index contributed by atoms with van der Waals surface area (Å²) >= 11 is 0. The lowest BCUT2D eigenvalue weighted by Crippen LogP contribution is -2.34. The molecule has 0 radical (unpaired) electrons. The second kappa shape index (κ2) is 6.92. The SMILES string of the molecule is CCN(CCC(=O)OC)C(=O)c1cc(C)nn1CC. The van der Waals surface area contributed by atoms with Crippen LogP contribution in [0.1, 0.15) is 36.5 Å². The van der Waals surface area contributed by atoms with Crippen LogP contribution in [0.5, 0.6) is 0 Å². The second-order valence-electron chi connectivity index (χ2n) is 4.20. The first kappa shape index (κ1) is 15.2. The van der Waals surface area contributed by atoms with Gasteiger partial charge in [-0.15, -0.1) is 0 Å². The van der Waals surface area contributed by atoms with Gasteiger partial charge >= 0.3 is 5.97 Å². The van der Waals surface area contributed by atoms with Gasteiger partial charge in [-0.25, -0.2) is 0 Å². The first-order valence-corrected chi connectivity index (χ1v) is 6.44. The highest BCUT2D eigenvalue weighted by molar-refractivity contribution is 5.93. The highest BCUT2D eigenvalue weighted by Gasteiger charge is 2.19. The number of carbonyl (C=O) groups is 2. The molecule has 0 atom stereocenters. The van der Waals surface area contributed by atoms with E-state index in [0.717, 1.165) is 5.69 Å². The summed E-state index contributed by atoms with van der Waals surface area (Å²) in [5.74, 6) is -0.416. The van der Waals surface area contributed by atoms with Crippen molar-refractivity contribution in [3.63, 3.8) is 0 Å². The van der Waals surface area contributed by atoms with Gasteiger partial charge in [0.2, 0.25) is 0 Å². The van der Waals surface area contributed by atoms with Gasteiger partial charge in [0.05, 0.1) is 19.2 Å². The number of aryl methyl sites for hydroxylation is 2. The molecule has 0 saturated carbocycles. The average Bonchev–Trinajstić information content (AvgIpc) is 2.79. The number of aromatic nitrogens is 2. The van der Waals surface area contributed by atoms with Crippen molar-refractivity contribution in [1.29, 1.82) is 0 Å². The molecule has 1 heterocycles. The molecule has 0 aliphatic carbocycles. The third-order valence-corrected chi connectivity index (χ3v) is 2.90. The van der Waals surface area contributed by atoms with Crippen molar-refractivity contribution in [3.8, 4) is 0 Å². The highest BCUT2D eigenvalue weighted by atomic mass is 16.5. The molecular weight excluding hydrogens is 246 g/mol. The summed E-state index contributed by atoms with van der Waals surface area (Å²) in [6.45, 7) is 7.22. The van der Waals surface area contributed by atoms with E-state index >= 15 is 0 Å². The van der Waals surface area contributed by atoms with E-state index in [2.05, 4.69) is 9.84 Å². The highest BCUT2D eigenvalue weighted by Crippen LogP contribution is 2.08. The molecular formula is C13H21N3O3. The minimum absolute atomic E-state index is 0.103. The Morgan fingerprint density at radius 3 is 2.63 bits per heavy atom. The van der Waals surface area contributed by atoms with Crippen LogP contribution in [0.15, 0.2) is 6.07 Å². The first-order chi connectivity index (χ1) is 9.03. The fraction of sp³-hybridized carbons (Fsp3) is 0.615. The van der Waals surface area contributed by atoms with E-state index in [0.29, 0.717) is 25.3 Å². The predicted molar refractivity (Wildman–Crippen MR) is 70.8 cm³/mol. The molecule has 0 spiro atoms. The van der Waals surface area contributed by atoms with E-state index in [1.165, 1.54) is 7.11 Å². The van der Waals surface area contributed by atoms with Crippen LogP contribution in [0.3, 0.4) is 0 Å². The van der Waals surface area contributed by atoms with Crippen molar-refractivity contribution in [2.75, 3.05) is 20.2 Å². The van der Waals surface area contributed by atoms with Crippen molar-refractivity contribution in [2.45, 2.75) is 33.7 Å². The average molecular weight is 267 g/mol. The Balaban J connectivity index is 2.80. The van der Waals surface area contributed by atoms with Gasteiger partial charge in [-0.05, 0) is 26.8 Å². The summed E-state index contributed by atoms with van der Waals surface area (Å²) in [6.07, 6.45) is 0.204. The maximum Gasteiger partial charge on any atom is 0.307 e. The van der Waals surface area contributed by atoms with Crippen LogP contribution in [0.25, 0.3) is 0 Å².